The van der Waals surface area contributed by atoms with Gasteiger partial charge >= 0.3 is 25.5 Å². The Morgan fingerprint density at radius 1 is 1.14 bits per heavy atom. The van der Waals surface area contributed by atoms with Crippen LogP contribution in [-0.2, 0) is 13.6 Å². The van der Waals surface area contributed by atoms with Crippen LogP contribution in [0, 0.1) is 0 Å². The highest BCUT2D eigenvalue weighted by atomic mass is 31.2. The maximum absolute atomic E-state index is 14.3. The number of hydrogen-bond donors (Lipinski definition) is 1. The molecule has 12 heteroatoms. The number of benzene rings is 1. The van der Waals surface area contributed by atoms with Crippen molar-refractivity contribution in [2.75, 3.05) is 20.3 Å². The molecule has 0 bridgehead atoms. The minimum Gasteiger partial charge on any atom is -0.497 e. The van der Waals surface area contributed by atoms with E-state index < -0.39 is 36.5 Å². The number of fused-ring (bicyclic) bond motifs is 1. The Hall–Kier alpha value is -1.68. The van der Waals surface area contributed by atoms with Gasteiger partial charge in [0.1, 0.15) is 16.8 Å². The molecule has 0 amide bonds. The van der Waals surface area contributed by atoms with Gasteiger partial charge in [-0.25, -0.2) is 0 Å². The van der Waals surface area contributed by atoms with Crippen molar-refractivity contribution < 1.29 is 50.1 Å². The van der Waals surface area contributed by atoms with Gasteiger partial charge in [0.25, 0.3) is 0 Å². The zero-order chi connectivity index (χ0) is 21.4. The molecule has 1 aromatic rings. The summed E-state index contributed by atoms with van der Waals surface area (Å²) in [6.45, 7) is 1.95. The molecule has 0 saturated carbocycles. The molecule has 6 nitrogen and oxygen atoms in total. The van der Waals surface area contributed by atoms with Gasteiger partial charge in [-0.1, -0.05) is 0 Å². The van der Waals surface area contributed by atoms with Crippen LogP contribution in [-0.4, -0.2) is 43.3 Å². The molecule has 1 N–H and O–H groups in total. The second-order valence-corrected chi connectivity index (χ2v) is 7.58. The van der Waals surface area contributed by atoms with Crippen molar-refractivity contribution >= 4 is 13.7 Å². The normalized spacial score (nSPS) is 20.2. The van der Waals surface area contributed by atoms with Crippen LogP contribution >= 0.6 is 7.60 Å². The van der Waals surface area contributed by atoms with E-state index in [0.717, 1.165) is 6.07 Å². The summed E-state index contributed by atoms with van der Waals surface area (Å²) >= 11 is 0. The van der Waals surface area contributed by atoms with Crippen LogP contribution in [0.5, 0.6) is 11.5 Å². The molecule has 0 fully saturated rings. The van der Waals surface area contributed by atoms with Crippen molar-refractivity contribution in [2.45, 2.75) is 31.7 Å². The summed E-state index contributed by atoms with van der Waals surface area (Å²) in [4.78, 5) is 0. The van der Waals surface area contributed by atoms with Crippen LogP contribution in [0.2, 0.25) is 0 Å². The van der Waals surface area contributed by atoms with Crippen molar-refractivity contribution in [1.82, 2.24) is 0 Å². The second kappa shape index (κ2) is 7.62. The highest BCUT2D eigenvalue weighted by Gasteiger charge is 2.76. The maximum atomic E-state index is 14.3. The predicted molar refractivity (Wildman–Crippen MR) is 88.4 cm³/mol. The molecule has 1 heterocycles. The summed E-state index contributed by atoms with van der Waals surface area (Å²) in [6, 6.07) is 3.50. The number of ether oxygens (including phenoxy) is 2. The van der Waals surface area contributed by atoms with Crippen LogP contribution in [0.25, 0.3) is 6.08 Å². The zero-order valence-electron chi connectivity index (χ0n) is 15.0. The molecular formula is C16H18F5O6P. The molecule has 1 aliphatic rings. The smallest absolute Gasteiger partial charge is 0.460 e. The van der Waals surface area contributed by atoms with Gasteiger partial charge in [0.2, 0.25) is 0 Å². The number of aliphatic hydroxyl groups is 1. The van der Waals surface area contributed by atoms with Crippen molar-refractivity contribution in [3.63, 3.8) is 0 Å². The van der Waals surface area contributed by atoms with E-state index in [1.54, 1.807) is 0 Å². The minimum absolute atomic E-state index is 0.0587. The van der Waals surface area contributed by atoms with Crippen LogP contribution in [0.3, 0.4) is 0 Å². The van der Waals surface area contributed by atoms with Gasteiger partial charge in [0.05, 0.1) is 20.3 Å². The molecule has 0 saturated heterocycles. The van der Waals surface area contributed by atoms with Gasteiger partial charge in [-0.05, 0) is 38.1 Å². The molecule has 1 atom stereocenters. The average molecular weight is 432 g/mol. The monoisotopic (exact) mass is 432 g/mol. The lowest BCUT2D eigenvalue weighted by Gasteiger charge is -2.41. The van der Waals surface area contributed by atoms with Gasteiger partial charge < -0.3 is 23.6 Å². The molecule has 2 rings (SSSR count). The fourth-order valence-electron chi connectivity index (χ4n) is 2.51. The van der Waals surface area contributed by atoms with Crippen molar-refractivity contribution in [1.29, 1.82) is 0 Å². The molecule has 0 spiro atoms. The van der Waals surface area contributed by atoms with E-state index in [-0.39, 0.29) is 24.5 Å². The van der Waals surface area contributed by atoms with Crippen LogP contribution in [0.1, 0.15) is 19.4 Å². The molecule has 1 unspecified atom stereocenters. The summed E-state index contributed by atoms with van der Waals surface area (Å²) in [6.07, 6.45) is -5.55. The van der Waals surface area contributed by atoms with Crippen molar-refractivity contribution in [3.8, 4) is 11.5 Å². The summed E-state index contributed by atoms with van der Waals surface area (Å²) < 4.78 is 100. The molecular weight excluding hydrogens is 414 g/mol. The van der Waals surface area contributed by atoms with E-state index in [1.807, 2.05) is 0 Å². The van der Waals surface area contributed by atoms with Crippen LogP contribution in [0.15, 0.2) is 23.5 Å². The van der Waals surface area contributed by atoms with Gasteiger partial charge in [0, 0.05) is 5.56 Å². The molecule has 0 aromatic heterocycles. The third kappa shape index (κ3) is 3.63. The average Bonchev–Trinajstić information content (AvgIpc) is 2.60. The van der Waals surface area contributed by atoms with Crippen molar-refractivity contribution in [3.05, 3.63) is 29.1 Å². The van der Waals surface area contributed by atoms with E-state index in [9.17, 15) is 31.6 Å². The van der Waals surface area contributed by atoms with E-state index in [1.165, 1.54) is 33.1 Å². The number of rotatable bonds is 7. The van der Waals surface area contributed by atoms with Gasteiger partial charge in [-0.15, -0.1) is 0 Å². The van der Waals surface area contributed by atoms with E-state index in [2.05, 4.69) is 0 Å². The molecule has 1 aliphatic heterocycles. The van der Waals surface area contributed by atoms with Crippen LogP contribution in [0.4, 0.5) is 22.0 Å². The molecule has 1 aromatic carbocycles. The van der Waals surface area contributed by atoms with E-state index in [0.29, 0.717) is 6.08 Å². The Kier molecular flexibility index (Phi) is 6.16. The Labute approximate surface area is 157 Å². The predicted octanol–water partition coefficient (Wildman–Crippen LogP) is 4.58. The Morgan fingerprint density at radius 2 is 1.71 bits per heavy atom. The number of methoxy groups -OCH3 is 1. The fourth-order valence-corrected chi connectivity index (χ4v) is 4.40. The quantitative estimate of drug-likeness (QED) is 0.502. The fraction of sp³-hybridized carbons (Fsp3) is 0.500. The van der Waals surface area contributed by atoms with Gasteiger partial charge in [0.15, 0.2) is 0 Å². The largest absolute Gasteiger partial charge is 0.497 e. The Morgan fingerprint density at radius 3 is 2.18 bits per heavy atom. The summed E-state index contributed by atoms with van der Waals surface area (Å²) in [5.41, 5.74) is -0.0587. The molecule has 158 valence electrons. The molecule has 0 radical (unpaired) electrons. The lowest BCUT2D eigenvalue weighted by atomic mass is 10.0. The Bertz CT molecular complexity index is 799. The standard InChI is InChI=1S/C16H18F5O6P/c1-4-25-28(23,26-5-2)13-9-10-8-11(24-3)6-7-12(10)27-14(13,22)15(17,18)16(19,20)21/h6-9,22H,4-5H2,1-3H3. The van der Waals surface area contributed by atoms with E-state index in [4.69, 9.17) is 18.5 Å². The third-order valence-corrected chi connectivity index (χ3v) is 6.01. The van der Waals surface area contributed by atoms with Gasteiger partial charge in [-0.3, -0.25) is 4.57 Å². The Balaban J connectivity index is 2.80. The first-order valence-corrected chi connectivity index (χ1v) is 9.56. The maximum Gasteiger partial charge on any atom is 0.460 e. The van der Waals surface area contributed by atoms with Gasteiger partial charge in [-0.2, -0.15) is 22.0 Å². The topological polar surface area (TPSA) is 74.2 Å². The molecule has 0 aliphatic carbocycles. The SMILES string of the molecule is CCOP(=O)(OCC)C1=Cc2cc(OC)ccc2OC1(O)C(F)(F)C(F)(F)F. The zero-order valence-corrected chi connectivity index (χ0v) is 15.9. The lowest BCUT2D eigenvalue weighted by molar-refractivity contribution is -0.371. The minimum atomic E-state index is -6.23. The number of halogens is 5. The lowest BCUT2D eigenvalue weighted by Crippen LogP contribution is -2.62. The number of hydrogen-bond acceptors (Lipinski definition) is 6. The first-order valence-electron chi connectivity index (χ1n) is 8.02. The third-order valence-electron chi connectivity index (χ3n) is 3.79. The highest BCUT2D eigenvalue weighted by Crippen LogP contribution is 2.66. The summed E-state index contributed by atoms with van der Waals surface area (Å²) in [7, 11) is -3.50. The first-order chi connectivity index (χ1) is 12.9. The van der Waals surface area contributed by atoms with E-state index >= 15 is 0 Å². The molecule has 28 heavy (non-hydrogen) atoms. The highest BCUT2D eigenvalue weighted by molar-refractivity contribution is 7.58. The summed E-state index contributed by atoms with van der Waals surface area (Å²) in [5, 5.41) is 9.06. The first kappa shape index (κ1) is 22.6. The summed E-state index contributed by atoms with van der Waals surface area (Å²) in [5.74, 6) is -10.5. The second-order valence-electron chi connectivity index (χ2n) is 5.58. The number of alkyl halides is 5. The van der Waals surface area contributed by atoms with Crippen LogP contribution < -0.4 is 9.47 Å². The van der Waals surface area contributed by atoms with Crippen molar-refractivity contribution in [2.24, 2.45) is 0 Å².